The smallest absolute Gasteiger partial charge is 0.236 e. The number of piperazine rings is 1. The summed E-state index contributed by atoms with van der Waals surface area (Å²) in [5.41, 5.74) is 2.58. The highest BCUT2D eigenvalue weighted by Gasteiger charge is 2.22. The van der Waals surface area contributed by atoms with E-state index in [1.807, 2.05) is 18.0 Å². The Kier molecular flexibility index (Phi) is 7.26. The minimum absolute atomic E-state index is 0.245. The van der Waals surface area contributed by atoms with Crippen LogP contribution in [0.2, 0.25) is 0 Å². The van der Waals surface area contributed by atoms with E-state index in [-0.39, 0.29) is 5.91 Å². The second kappa shape index (κ2) is 9.88. The van der Waals surface area contributed by atoms with Crippen LogP contribution in [0.15, 0.2) is 47.2 Å². The average Bonchev–Trinajstić information content (AvgIpc) is 3.20. The molecule has 1 fully saturated rings. The minimum atomic E-state index is 0.245. The third-order valence-electron chi connectivity index (χ3n) is 5.13. The van der Waals surface area contributed by atoms with E-state index in [1.54, 1.807) is 11.3 Å². The molecule has 1 aromatic heterocycles. The Bertz CT molecular complexity index is 683. The maximum Gasteiger partial charge on any atom is 0.236 e. The second-order valence-electron chi connectivity index (χ2n) is 7.28. The molecule has 3 rings (SSSR count). The highest BCUT2D eigenvalue weighted by Crippen LogP contribution is 2.12. The lowest BCUT2D eigenvalue weighted by atomic mass is 10.2. The summed E-state index contributed by atoms with van der Waals surface area (Å²) < 4.78 is 0. The van der Waals surface area contributed by atoms with E-state index in [9.17, 15) is 4.79 Å². The van der Waals surface area contributed by atoms with Crippen molar-refractivity contribution in [2.75, 3.05) is 64.8 Å². The van der Waals surface area contributed by atoms with Crippen LogP contribution in [0.1, 0.15) is 5.56 Å². The molecule has 0 N–H and O–H groups in total. The molecule has 2 heterocycles. The molecule has 1 amide bonds. The Morgan fingerprint density at radius 2 is 1.78 bits per heavy atom. The number of hydrogen-bond acceptors (Lipinski definition) is 5. The summed E-state index contributed by atoms with van der Waals surface area (Å²) in [5.74, 6) is 0.245. The van der Waals surface area contributed by atoms with Gasteiger partial charge in [0.25, 0.3) is 0 Å². The summed E-state index contributed by atoms with van der Waals surface area (Å²) in [6.45, 7) is 6.85. The Hall–Kier alpha value is -1.89. The number of likely N-dealkylation sites (N-methyl/N-ethyl adjacent to an activating group) is 2. The van der Waals surface area contributed by atoms with E-state index in [4.69, 9.17) is 0 Å². The summed E-state index contributed by atoms with van der Waals surface area (Å²) in [6.07, 6.45) is 0. The SMILES string of the molecule is CN(CCN(C)c1ccccc1)CC(=O)N1CCN(Cc2ccsc2)CC1. The third kappa shape index (κ3) is 6.06. The van der Waals surface area contributed by atoms with Gasteiger partial charge in [-0.25, -0.2) is 0 Å². The molecule has 0 bridgehead atoms. The first-order valence-corrected chi connectivity index (χ1v) is 10.5. The Morgan fingerprint density at radius 3 is 2.44 bits per heavy atom. The number of nitrogens with zero attached hydrogens (tertiary/aromatic N) is 4. The molecule has 0 unspecified atom stereocenters. The van der Waals surface area contributed by atoms with Crippen LogP contribution >= 0.6 is 11.3 Å². The average molecular weight is 387 g/mol. The van der Waals surface area contributed by atoms with Gasteiger partial charge in [0.1, 0.15) is 0 Å². The first kappa shape index (κ1) is 19.9. The van der Waals surface area contributed by atoms with Crippen molar-refractivity contribution in [3.63, 3.8) is 0 Å². The third-order valence-corrected chi connectivity index (χ3v) is 5.86. The maximum atomic E-state index is 12.6. The van der Waals surface area contributed by atoms with Crippen LogP contribution in [0.3, 0.4) is 0 Å². The number of carbonyl (C=O) groups excluding carboxylic acids is 1. The number of amides is 1. The summed E-state index contributed by atoms with van der Waals surface area (Å²) >= 11 is 1.75. The molecule has 2 aromatic rings. The zero-order valence-electron chi connectivity index (χ0n) is 16.4. The molecule has 1 aliphatic heterocycles. The van der Waals surface area contributed by atoms with Crippen LogP contribution in [0.4, 0.5) is 5.69 Å². The predicted octanol–water partition coefficient (Wildman–Crippen LogP) is 2.46. The lowest BCUT2D eigenvalue weighted by Gasteiger charge is -2.35. The van der Waals surface area contributed by atoms with Gasteiger partial charge in [-0.1, -0.05) is 18.2 Å². The van der Waals surface area contributed by atoms with Crippen molar-refractivity contribution in [3.8, 4) is 0 Å². The van der Waals surface area contributed by atoms with Crippen molar-refractivity contribution in [2.45, 2.75) is 6.54 Å². The minimum Gasteiger partial charge on any atom is -0.373 e. The molecule has 6 heteroatoms. The molecule has 0 aliphatic carbocycles. The van der Waals surface area contributed by atoms with Crippen molar-refractivity contribution in [1.29, 1.82) is 0 Å². The van der Waals surface area contributed by atoms with E-state index in [1.165, 1.54) is 11.3 Å². The van der Waals surface area contributed by atoms with Crippen molar-refractivity contribution >= 4 is 22.9 Å². The zero-order chi connectivity index (χ0) is 19.1. The van der Waals surface area contributed by atoms with Crippen molar-refractivity contribution in [1.82, 2.24) is 14.7 Å². The normalized spacial score (nSPS) is 15.3. The van der Waals surface area contributed by atoms with Gasteiger partial charge in [-0.2, -0.15) is 11.3 Å². The van der Waals surface area contributed by atoms with Crippen LogP contribution in [0, 0.1) is 0 Å². The Balaban J connectivity index is 1.36. The summed E-state index contributed by atoms with van der Waals surface area (Å²) in [4.78, 5) is 21.4. The molecule has 0 radical (unpaired) electrons. The number of rotatable bonds is 8. The van der Waals surface area contributed by atoms with E-state index < -0.39 is 0 Å². The van der Waals surface area contributed by atoms with Crippen molar-refractivity contribution in [2.24, 2.45) is 0 Å². The highest BCUT2D eigenvalue weighted by atomic mass is 32.1. The second-order valence-corrected chi connectivity index (χ2v) is 8.06. The topological polar surface area (TPSA) is 30.0 Å². The monoisotopic (exact) mass is 386 g/mol. The van der Waals surface area contributed by atoms with Gasteiger partial charge in [0, 0.05) is 58.5 Å². The molecule has 1 aromatic carbocycles. The van der Waals surface area contributed by atoms with Crippen LogP contribution in [0.25, 0.3) is 0 Å². The van der Waals surface area contributed by atoms with Gasteiger partial charge in [-0.3, -0.25) is 14.6 Å². The molecule has 0 saturated carbocycles. The number of anilines is 1. The largest absolute Gasteiger partial charge is 0.373 e. The number of carbonyl (C=O) groups is 1. The molecule has 27 heavy (non-hydrogen) atoms. The van der Waals surface area contributed by atoms with E-state index in [0.29, 0.717) is 6.54 Å². The fraction of sp³-hybridized carbons (Fsp3) is 0.476. The van der Waals surface area contributed by atoms with Crippen LogP contribution in [-0.4, -0.2) is 80.5 Å². The lowest BCUT2D eigenvalue weighted by Crippen LogP contribution is -2.50. The molecular formula is C21H30N4OS. The number of hydrogen-bond donors (Lipinski definition) is 0. The molecule has 0 spiro atoms. The molecule has 1 aliphatic rings. The standard InChI is InChI=1S/C21H30N4OS/c1-22(9-10-23(2)20-6-4-3-5-7-20)17-21(26)25-13-11-24(12-14-25)16-19-8-15-27-18-19/h3-8,15,18H,9-14,16-17H2,1-2H3. The first-order chi connectivity index (χ1) is 13.1. The first-order valence-electron chi connectivity index (χ1n) is 9.58. The fourth-order valence-electron chi connectivity index (χ4n) is 3.34. The highest BCUT2D eigenvalue weighted by molar-refractivity contribution is 7.07. The Morgan fingerprint density at radius 1 is 1.04 bits per heavy atom. The summed E-state index contributed by atoms with van der Waals surface area (Å²) in [6, 6.07) is 12.5. The molecule has 0 atom stereocenters. The van der Waals surface area contributed by atoms with Gasteiger partial charge in [0.15, 0.2) is 0 Å². The lowest BCUT2D eigenvalue weighted by molar-refractivity contribution is -0.133. The molecule has 1 saturated heterocycles. The number of para-hydroxylation sites is 1. The molecular weight excluding hydrogens is 356 g/mol. The van der Waals surface area contributed by atoms with E-state index >= 15 is 0 Å². The molecule has 5 nitrogen and oxygen atoms in total. The summed E-state index contributed by atoms with van der Waals surface area (Å²) in [7, 11) is 4.13. The van der Waals surface area contributed by atoms with Gasteiger partial charge >= 0.3 is 0 Å². The van der Waals surface area contributed by atoms with Gasteiger partial charge < -0.3 is 9.80 Å². The van der Waals surface area contributed by atoms with E-state index in [2.05, 4.69) is 62.8 Å². The zero-order valence-corrected chi connectivity index (χ0v) is 17.2. The quantitative estimate of drug-likeness (QED) is 0.697. The molecule has 146 valence electrons. The van der Waals surface area contributed by atoms with Crippen LogP contribution in [0.5, 0.6) is 0 Å². The van der Waals surface area contributed by atoms with Gasteiger partial charge in [0.2, 0.25) is 5.91 Å². The van der Waals surface area contributed by atoms with Crippen LogP contribution < -0.4 is 4.90 Å². The van der Waals surface area contributed by atoms with Crippen LogP contribution in [-0.2, 0) is 11.3 Å². The predicted molar refractivity (Wildman–Crippen MR) is 113 cm³/mol. The summed E-state index contributed by atoms with van der Waals surface area (Å²) in [5, 5.41) is 4.33. The maximum absolute atomic E-state index is 12.6. The number of benzene rings is 1. The van der Waals surface area contributed by atoms with E-state index in [0.717, 1.165) is 45.8 Å². The number of thiophene rings is 1. The fourth-order valence-corrected chi connectivity index (χ4v) is 4.00. The van der Waals surface area contributed by atoms with Crippen molar-refractivity contribution in [3.05, 3.63) is 52.7 Å². The van der Waals surface area contributed by atoms with Gasteiger partial charge in [-0.05, 0) is 41.6 Å². The van der Waals surface area contributed by atoms with Crippen molar-refractivity contribution < 1.29 is 4.79 Å². The van der Waals surface area contributed by atoms with Gasteiger partial charge in [-0.15, -0.1) is 0 Å². The van der Waals surface area contributed by atoms with Gasteiger partial charge in [0.05, 0.1) is 6.54 Å². The Labute approximate surface area is 166 Å².